The molecule has 1 aromatic heterocycles. The standard InChI is InChI=1S/C8H10BNO2.ClH/c11-9(12)7-3-4-8(10-5-7)6-1-2-6;/h3-6,11-12H,1-2H2;1H. The van der Waals surface area contributed by atoms with E-state index in [4.69, 9.17) is 10.0 Å². The molecule has 2 rings (SSSR count). The van der Waals surface area contributed by atoms with Gasteiger partial charge in [0.15, 0.2) is 0 Å². The van der Waals surface area contributed by atoms with Crippen molar-refractivity contribution >= 4 is 25.0 Å². The number of hydrogen-bond acceptors (Lipinski definition) is 3. The fraction of sp³-hybridized carbons (Fsp3) is 0.375. The van der Waals surface area contributed by atoms with Crippen molar-refractivity contribution in [3.05, 3.63) is 24.0 Å². The highest BCUT2D eigenvalue weighted by Crippen LogP contribution is 2.38. The van der Waals surface area contributed by atoms with E-state index in [9.17, 15) is 0 Å². The van der Waals surface area contributed by atoms with Crippen molar-refractivity contribution in [1.29, 1.82) is 0 Å². The first-order chi connectivity index (χ1) is 5.77. The van der Waals surface area contributed by atoms with E-state index >= 15 is 0 Å². The molecule has 0 amide bonds. The van der Waals surface area contributed by atoms with Crippen molar-refractivity contribution in [2.75, 3.05) is 0 Å². The van der Waals surface area contributed by atoms with Gasteiger partial charge in [0, 0.05) is 23.3 Å². The van der Waals surface area contributed by atoms with Crippen LogP contribution in [-0.4, -0.2) is 22.2 Å². The van der Waals surface area contributed by atoms with Crippen molar-refractivity contribution in [3.63, 3.8) is 0 Å². The van der Waals surface area contributed by atoms with Crippen LogP contribution in [0.15, 0.2) is 18.3 Å². The first-order valence-corrected chi connectivity index (χ1v) is 4.09. The molecule has 1 heterocycles. The molecule has 0 spiro atoms. The van der Waals surface area contributed by atoms with Gasteiger partial charge in [-0.3, -0.25) is 4.98 Å². The number of pyridine rings is 1. The Balaban J connectivity index is 0.000000845. The maximum Gasteiger partial charge on any atom is 0.490 e. The van der Waals surface area contributed by atoms with E-state index in [1.54, 1.807) is 6.07 Å². The summed E-state index contributed by atoms with van der Waals surface area (Å²) in [5.74, 6) is 0.620. The second kappa shape index (κ2) is 4.09. The summed E-state index contributed by atoms with van der Waals surface area (Å²) in [7, 11) is -1.40. The van der Waals surface area contributed by atoms with E-state index in [2.05, 4.69) is 4.98 Å². The molecule has 0 unspecified atom stereocenters. The van der Waals surface area contributed by atoms with E-state index in [0.717, 1.165) is 5.69 Å². The Morgan fingerprint density at radius 2 is 2.00 bits per heavy atom. The molecular formula is C8H11BClNO2. The third-order valence-corrected chi connectivity index (χ3v) is 2.10. The van der Waals surface area contributed by atoms with Gasteiger partial charge >= 0.3 is 7.12 Å². The van der Waals surface area contributed by atoms with Gasteiger partial charge in [-0.05, 0) is 18.9 Å². The van der Waals surface area contributed by atoms with Gasteiger partial charge in [0.05, 0.1) is 0 Å². The number of halogens is 1. The van der Waals surface area contributed by atoms with Crippen molar-refractivity contribution < 1.29 is 10.0 Å². The zero-order valence-electron chi connectivity index (χ0n) is 7.05. The molecule has 0 atom stereocenters. The summed E-state index contributed by atoms with van der Waals surface area (Å²) < 4.78 is 0. The highest BCUT2D eigenvalue weighted by atomic mass is 35.5. The van der Waals surface area contributed by atoms with Crippen LogP contribution in [0.25, 0.3) is 0 Å². The van der Waals surface area contributed by atoms with E-state index in [0.29, 0.717) is 11.4 Å². The lowest BCUT2D eigenvalue weighted by Crippen LogP contribution is -2.30. The lowest BCUT2D eigenvalue weighted by atomic mass is 9.81. The zero-order chi connectivity index (χ0) is 8.55. The van der Waals surface area contributed by atoms with Crippen molar-refractivity contribution in [1.82, 2.24) is 4.98 Å². The third-order valence-electron chi connectivity index (χ3n) is 2.10. The van der Waals surface area contributed by atoms with Gasteiger partial charge < -0.3 is 10.0 Å². The molecule has 2 N–H and O–H groups in total. The second-order valence-electron chi connectivity index (χ2n) is 3.16. The lowest BCUT2D eigenvalue weighted by molar-refractivity contribution is 0.425. The Hall–Kier alpha value is -0.575. The minimum absolute atomic E-state index is 0. The molecule has 1 aliphatic carbocycles. The summed E-state index contributed by atoms with van der Waals surface area (Å²) in [6, 6.07) is 3.58. The zero-order valence-corrected chi connectivity index (χ0v) is 7.87. The third kappa shape index (κ3) is 2.43. The van der Waals surface area contributed by atoms with E-state index < -0.39 is 7.12 Å². The van der Waals surface area contributed by atoms with Gasteiger partial charge in [0.2, 0.25) is 0 Å². The summed E-state index contributed by atoms with van der Waals surface area (Å²) in [4.78, 5) is 4.14. The van der Waals surface area contributed by atoms with Crippen molar-refractivity contribution in [3.8, 4) is 0 Å². The summed E-state index contributed by atoms with van der Waals surface area (Å²) in [5, 5.41) is 17.6. The molecule has 1 aromatic rings. The fourth-order valence-electron chi connectivity index (χ4n) is 1.19. The highest BCUT2D eigenvalue weighted by molar-refractivity contribution is 6.58. The highest BCUT2D eigenvalue weighted by Gasteiger charge is 2.25. The molecule has 0 bridgehead atoms. The Kier molecular flexibility index (Phi) is 3.30. The average Bonchev–Trinajstić information content (AvgIpc) is 2.87. The number of aromatic nitrogens is 1. The molecule has 3 nitrogen and oxygen atoms in total. The first-order valence-electron chi connectivity index (χ1n) is 4.09. The minimum Gasteiger partial charge on any atom is -0.423 e. The van der Waals surface area contributed by atoms with Crippen LogP contribution >= 0.6 is 12.4 Å². The Bertz CT molecular complexity index is 253. The van der Waals surface area contributed by atoms with Crippen LogP contribution in [0.1, 0.15) is 24.5 Å². The number of hydrogen-bond donors (Lipinski definition) is 2. The summed E-state index contributed by atoms with van der Waals surface area (Å²) >= 11 is 0. The summed E-state index contributed by atoms with van der Waals surface area (Å²) in [6.07, 6.45) is 3.96. The fourth-order valence-corrected chi connectivity index (χ4v) is 1.19. The van der Waals surface area contributed by atoms with Gasteiger partial charge in [0.25, 0.3) is 0 Å². The molecule has 13 heavy (non-hydrogen) atoms. The average molecular weight is 199 g/mol. The maximum atomic E-state index is 8.78. The topological polar surface area (TPSA) is 53.4 Å². The van der Waals surface area contributed by atoms with Crippen LogP contribution in [0.5, 0.6) is 0 Å². The molecule has 70 valence electrons. The van der Waals surface area contributed by atoms with E-state index in [1.165, 1.54) is 19.0 Å². The van der Waals surface area contributed by atoms with E-state index in [-0.39, 0.29) is 12.4 Å². The van der Waals surface area contributed by atoms with Crippen molar-refractivity contribution in [2.45, 2.75) is 18.8 Å². The lowest BCUT2D eigenvalue weighted by Gasteiger charge is -1.99. The number of rotatable bonds is 2. The van der Waals surface area contributed by atoms with Crippen LogP contribution < -0.4 is 5.46 Å². The Morgan fingerprint density at radius 1 is 1.31 bits per heavy atom. The SMILES string of the molecule is Cl.OB(O)c1ccc(C2CC2)nc1. The maximum absolute atomic E-state index is 8.78. The second-order valence-corrected chi connectivity index (χ2v) is 3.16. The molecule has 1 aliphatic rings. The summed E-state index contributed by atoms with van der Waals surface area (Å²) in [5.41, 5.74) is 1.53. The van der Waals surface area contributed by atoms with Crippen LogP contribution in [0.2, 0.25) is 0 Å². The minimum atomic E-state index is -1.40. The first kappa shape index (κ1) is 10.5. The van der Waals surface area contributed by atoms with Gasteiger partial charge in [-0.1, -0.05) is 6.07 Å². The molecule has 0 aromatic carbocycles. The smallest absolute Gasteiger partial charge is 0.423 e. The monoisotopic (exact) mass is 199 g/mol. The van der Waals surface area contributed by atoms with Crippen molar-refractivity contribution in [2.24, 2.45) is 0 Å². The molecule has 0 aliphatic heterocycles. The van der Waals surface area contributed by atoms with Crippen LogP contribution in [-0.2, 0) is 0 Å². The molecular weight excluding hydrogens is 188 g/mol. The van der Waals surface area contributed by atoms with E-state index in [1.807, 2.05) is 6.07 Å². The molecule has 1 fully saturated rings. The normalized spacial score (nSPS) is 14.9. The molecule has 5 heteroatoms. The van der Waals surface area contributed by atoms with Crippen LogP contribution in [0.4, 0.5) is 0 Å². The predicted molar refractivity (Wildman–Crippen MR) is 53.3 cm³/mol. The quantitative estimate of drug-likeness (QED) is 0.663. The Labute approximate surface area is 83.4 Å². The van der Waals surface area contributed by atoms with Gasteiger partial charge in [-0.15, -0.1) is 12.4 Å². The van der Waals surface area contributed by atoms with Crippen LogP contribution in [0.3, 0.4) is 0 Å². The Morgan fingerprint density at radius 3 is 2.38 bits per heavy atom. The largest absolute Gasteiger partial charge is 0.490 e. The summed E-state index contributed by atoms with van der Waals surface area (Å²) in [6.45, 7) is 0. The molecule has 0 radical (unpaired) electrons. The van der Waals surface area contributed by atoms with Gasteiger partial charge in [-0.2, -0.15) is 0 Å². The van der Waals surface area contributed by atoms with Gasteiger partial charge in [0.1, 0.15) is 0 Å². The molecule has 0 saturated heterocycles. The molecule has 1 saturated carbocycles. The number of nitrogens with zero attached hydrogens (tertiary/aromatic N) is 1. The van der Waals surface area contributed by atoms with Gasteiger partial charge in [-0.25, -0.2) is 0 Å². The van der Waals surface area contributed by atoms with Crippen LogP contribution in [0, 0.1) is 0 Å². The predicted octanol–water partition coefficient (Wildman–Crippen LogP) is 0.0606.